The number of fused-ring (bicyclic) bond motifs is 1. The van der Waals surface area contributed by atoms with E-state index in [0.717, 1.165) is 47.6 Å². The summed E-state index contributed by atoms with van der Waals surface area (Å²) in [5, 5.41) is 9.92. The van der Waals surface area contributed by atoms with Gasteiger partial charge in [-0.25, -0.2) is 9.78 Å². The van der Waals surface area contributed by atoms with Gasteiger partial charge >= 0.3 is 5.97 Å². The van der Waals surface area contributed by atoms with Crippen molar-refractivity contribution in [3.8, 4) is 0 Å². The summed E-state index contributed by atoms with van der Waals surface area (Å²) in [6.45, 7) is 2.34. The number of aromatic nitrogens is 2. The highest BCUT2D eigenvalue weighted by Crippen LogP contribution is 2.31. The number of H-pyrrole nitrogens is 1. The van der Waals surface area contributed by atoms with E-state index in [1.807, 2.05) is 60.7 Å². The molecule has 3 aromatic rings. The second kappa shape index (κ2) is 9.16. The summed E-state index contributed by atoms with van der Waals surface area (Å²) in [7, 11) is 0. The molecule has 2 heterocycles. The number of aryl methyl sites for hydroxylation is 1. The summed E-state index contributed by atoms with van der Waals surface area (Å²) >= 11 is 0. The van der Waals surface area contributed by atoms with Gasteiger partial charge in [-0.2, -0.15) is 0 Å². The zero-order chi connectivity index (χ0) is 21.8. The van der Waals surface area contributed by atoms with Gasteiger partial charge in [-0.3, -0.25) is 4.79 Å². The van der Waals surface area contributed by atoms with E-state index in [1.165, 1.54) is 4.90 Å². The van der Waals surface area contributed by atoms with Crippen LogP contribution in [0, 0.1) is 0 Å². The van der Waals surface area contributed by atoms with Gasteiger partial charge in [0.1, 0.15) is 11.9 Å². The number of rotatable bonds is 7. The predicted octanol–water partition coefficient (Wildman–Crippen LogP) is 3.92. The van der Waals surface area contributed by atoms with Gasteiger partial charge in [-0.15, -0.1) is 0 Å². The lowest BCUT2D eigenvalue weighted by Crippen LogP contribution is -2.50. The number of aromatic amines is 1. The summed E-state index contributed by atoms with van der Waals surface area (Å²) in [4.78, 5) is 35.4. The Bertz CT molecular complexity index is 1010. The molecule has 0 radical (unpaired) electrons. The number of carbonyl (C=O) groups is 2. The van der Waals surface area contributed by atoms with Crippen LogP contribution in [0.3, 0.4) is 0 Å². The molecule has 2 N–H and O–H groups in total. The van der Waals surface area contributed by atoms with Gasteiger partial charge in [0.15, 0.2) is 0 Å². The highest BCUT2D eigenvalue weighted by Gasteiger charge is 2.39. The predicted molar refractivity (Wildman–Crippen MR) is 118 cm³/mol. The molecule has 6 nitrogen and oxygen atoms in total. The van der Waals surface area contributed by atoms with Crippen LogP contribution in [-0.2, 0) is 29.0 Å². The van der Waals surface area contributed by atoms with Crippen LogP contribution in [0.15, 0.2) is 60.7 Å². The molecule has 1 amide bonds. The number of carbonyl (C=O) groups excluding carboxylic acids is 1. The van der Waals surface area contributed by atoms with Crippen LogP contribution in [0.2, 0.25) is 0 Å². The summed E-state index contributed by atoms with van der Waals surface area (Å²) in [6, 6.07) is 18.1. The van der Waals surface area contributed by atoms with Crippen molar-refractivity contribution in [2.24, 2.45) is 0 Å². The number of nitrogens with one attached hydrogen (secondary N) is 1. The topological polar surface area (TPSA) is 86.3 Å². The minimum atomic E-state index is -1.00. The largest absolute Gasteiger partial charge is 0.480 e. The Labute approximate surface area is 181 Å². The van der Waals surface area contributed by atoms with Crippen LogP contribution in [0.5, 0.6) is 0 Å². The molecule has 1 aliphatic rings. The number of imidazole rings is 1. The van der Waals surface area contributed by atoms with E-state index in [4.69, 9.17) is 0 Å². The number of carboxylic acids is 1. The first-order chi connectivity index (χ1) is 15.1. The average molecular weight is 418 g/mol. The first-order valence-corrected chi connectivity index (χ1v) is 10.8. The third-order valence-electron chi connectivity index (χ3n) is 5.85. The molecule has 1 aromatic heterocycles. The monoisotopic (exact) mass is 417 g/mol. The first-order valence-electron chi connectivity index (χ1n) is 10.8. The Balaban J connectivity index is 1.70. The normalized spacial score (nSPS) is 15.7. The van der Waals surface area contributed by atoms with Crippen molar-refractivity contribution in [1.29, 1.82) is 0 Å². The number of benzene rings is 2. The van der Waals surface area contributed by atoms with Gasteiger partial charge in [0.25, 0.3) is 0 Å². The number of hydrogen-bond donors (Lipinski definition) is 2. The molecule has 0 aliphatic carbocycles. The molecule has 4 rings (SSSR count). The molecule has 1 atom stereocenters. The summed E-state index contributed by atoms with van der Waals surface area (Å²) in [5.41, 5.74) is 3.30. The minimum absolute atomic E-state index is 0.208. The van der Waals surface area contributed by atoms with E-state index in [2.05, 4.69) is 16.9 Å². The van der Waals surface area contributed by atoms with E-state index >= 15 is 0 Å². The van der Waals surface area contributed by atoms with Crippen molar-refractivity contribution in [2.45, 2.75) is 51.1 Å². The Morgan fingerprint density at radius 3 is 2.26 bits per heavy atom. The molecule has 0 saturated carbocycles. The van der Waals surface area contributed by atoms with E-state index in [0.29, 0.717) is 0 Å². The smallest absolute Gasteiger partial charge is 0.326 e. The molecule has 160 valence electrons. The van der Waals surface area contributed by atoms with Gasteiger partial charge in [0, 0.05) is 12.8 Å². The quantitative estimate of drug-likeness (QED) is 0.610. The zero-order valence-corrected chi connectivity index (χ0v) is 17.6. The van der Waals surface area contributed by atoms with Gasteiger partial charge in [0.05, 0.1) is 23.9 Å². The van der Waals surface area contributed by atoms with Crippen molar-refractivity contribution in [3.63, 3.8) is 0 Å². The maximum Gasteiger partial charge on any atom is 0.326 e. The fourth-order valence-electron chi connectivity index (χ4n) is 4.23. The SMILES string of the molecule is CCCCc1nc2c([nH]1)CN(C(=O)C(c1ccccc1)c1ccccc1)[C@H](C(=O)O)C2. The van der Waals surface area contributed by atoms with Crippen molar-refractivity contribution >= 4 is 11.9 Å². The molecule has 31 heavy (non-hydrogen) atoms. The first kappa shape index (κ1) is 20.8. The van der Waals surface area contributed by atoms with E-state index in [9.17, 15) is 14.7 Å². The standard InChI is InChI=1S/C25H27N3O3/c1-2-3-14-22-26-19-15-21(25(30)31)28(16-20(19)27-22)24(29)23(17-10-6-4-7-11-17)18-12-8-5-9-13-18/h4-13,21,23H,2-3,14-16H2,1H3,(H,26,27)(H,30,31)/t21-/m0/s1. The number of nitrogens with zero attached hydrogens (tertiary/aromatic N) is 2. The lowest BCUT2D eigenvalue weighted by molar-refractivity contribution is -0.151. The number of carboxylic acid groups (broad SMARTS) is 1. The Hall–Kier alpha value is -3.41. The number of aliphatic carboxylic acids is 1. The fourth-order valence-corrected chi connectivity index (χ4v) is 4.23. The third-order valence-corrected chi connectivity index (χ3v) is 5.85. The highest BCUT2D eigenvalue weighted by atomic mass is 16.4. The minimum Gasteiger partial charge on any atom is -0.480 e. The van der Waals surface area contributed by atoms with Crippen molar-refractivity contribution in [3.05, 3.63) is 89.0 Å². The van der Waals surface area contributed by atoms with Crippen LogP contribution in [0.1, 0.15) is 54.0 Å². The molecule has 0 bridgehead atoms. The summed E-state index contributed by atoms with van der Waals surface area (Å²) in [6.07, 6.45) is 3.12. The van der Waals surface area contributed by atoms with Gasteiger partial charge < -0.3 is 15.0 Å². The Kier molecular flexibility index (Phi) is 6.16. The lowest BCUT2D eigenvalue weighted by atomic mass is 9.88. The molecule has 0 unspecified atom stereocenters. The fraction of sp³-hybridized carbons (Fsp3) is 0.320. The van der Waals surface area contributed by atoms with Crippen LogP contribution in [0.25, 0.3) is 0 Å². The molecule has 6 heteroatoms. The third kappa shape index (κ3) is 4.38. The van der Waals surface area contributed by atoms with Crippen molar-refractivity contribution in [2.75, 3.05) is 0 Å². The van der Waals surface area contributed by atoms with Gasteiger partial charge in [-0.05, 0) is 17.5 Å². The second-order valence-electron chi connectivity index (χ2n) is 7.99. The van der Waals surface area contributed by atoms with E-state index < -0.39 is 17.9 Å². The van der Waals surface area contributed by atoms with Gasteiger partial charge in [-0.1, -0.05) is 74.0 Å². The van der Waals surface area contributed by atoms with E-state index in [1.54, 1.807) is 0 Å². The van der Waals surface area contributed by atoms with Crippen LogP contribution < -0.4 is 0 Å². The van der Waals surface area contributed by atoms with Crippen LogP contribution in [0.4, 0.5) is 0 Å². The van der Waals surface area contributed by atoms with E-state index in [-0.39, 0.29) is 18.9 Å². The summed E-state index contributed by atoms with van der Waals surface area (Å²) in [5.74, 6) is -0.904. The average Bonchev–Trinajstić information content (AvgIpc) is 3.20. The molecule has 0 saturated heterocycles. The zero-order valence-electron chi connectivity index (χ0n) is 17.6. The molecular weight excluding hydrogens is 390 g/mol. The Morgan fingerprint density at radius 2 is 1.71 bits per heavy atom. The highest BCUT2D eigenvalue weighted by molar-refractivity contribution is 5.91. The van der Waals surface area contributed by atoms with Crippen molar-refractivity contribution < 1.29 is 14.7 Å². The second-order valence-corrected chi connectivity index (χ2v) is 7.99. The molecule has 2 aromatic carbocycles. The number of hydrogen-bond acceptors (Lipinski definition) is 3. The molecule has 0 spiro atoms. The molecule has 1 aliphatic heterocycles. The number of amides is 1. The van der Waals surface area contributed by atoms with Crippen LogP contribution >= 0.6 is 0 Å². The summed E-state index contributed by atoms with van der Waals surface area (Å²) < 4.78 is 0. The Morgan fingerprint density at radius 1 is 1.10 bits per heavy atom. The van der Waals surface area contributed by atoms with Gasteiger partial charge in [0.2, 0.25) is 5.91 Å². The van der Waals surface area contributed by atoms with Crippen LogP contribution in [-0.4, -0.2) is 37.9 Å². The molecular formula is C25H27N3O3. The number of unbranched alkanes of at least 4 members (excludes halogenated alkanes) is 1. The molecule has 0 fully saturated rings. The maximum atomic E-state index is 13.8. The van der Waals surface area contributed by atoms with Crippen molar-refractivity contribution in [1.82, 2.24) is 14.9 Å². The lowest BCUT2D eigenvalue weighted by Gasteiger charge is -2.35. The maximum absolute atomic E-state index is 13.8.